The fraction of sp³-hybridized carbons (Fsp3) is 0.290. The van der Waals surface area contributed by atoms with Crippen molar-refractivity contribution in [2.75, 3.05) is 20.8 Å². The topological polar surface area (TPSA) is 112 Å². The highest BCUT2D eigenvalue weighted by Gasteiger charge is 2.42. The molecule has 2 N–H and O–H groups in total. The molecule has 5 rings (SSSR count). The largest absolute Gasteiger partial charge is 0.497 e. The molecule has 1 fully saturated rings. The van der Waals surface area contributed by atoms with Crippen molar-refractivity contribution >= 4 is 0 Å². The van der Waals surface area contributed by atoms with Gasteiger partial charge in [0, 0.05) is 18.2 Å². The fourth-order valence-corrected chi connectivity index (χ4v) is 5.12. The van der Waals surface area contributed by atoms with Crippen LogP contribution in [0, 0.1) is 6.92 Å². The van der Waals surface area contributed by atoms with E-state index in [4.69, 9.17) is 18.9 Å². The molecule has 2 heterocycles. The molecule has 0 aliphatic carbocycles. The molecule has 3 aromatic carbocycles. The Hall–Kier alpha value is -4.18. The Bertz CT molecular complexity index is 1500. The summed E-state index contributed by atoms with van der Waals surface area (Å²) < 4.78 is 25.1. The summed E-state index contributed by atoms with van der Waals surface area (Å²) in [4.78, 5) is 26.6. The number of benzene rings is 3. The SMILES string of the molecule is COc1ccc(C(OC[C@H]2O[C@@H](n3cc(C)c(=O)[nH]c3=O)C[C@@H]2O)(c2ccccc2)c2ccc(OC)cc2)cc1. The second kappa shape index (κ2) is 11.5. The first kappa shape index (κ1) is 27.4. The second-order valence-electron chi connectivity index (χ2n) is 9.73. The van der Waals surface area contributed by atoms with Crippen molar-refractivity contribution in [2.24, 2.45) is 0 Å². The number of ether oxygens (including phenoxy) is 4. The summed E-state index contributed by atoms with van der Waals surface area (Å²) in [6.07, 6.45) is -0.763. The van der Waals surface area contributed by atoms with Gasteiger partial charge in [-0.25, -0.2) is 4.79 Å². The van der Waals surface area contributed by atoms with Gasteiger partial charge in [-0.2, -0.15) is 0 Å². The lowest BCUT2D eigenvalue weighted by atomic mass is 9.80. The number of aryl methyl sites for hydroxylation is 1. The van der Waals surface area contributed by atoms with Gasteiger partial charge in [0.05, 0.1) is 26.9 Å². The summed E-state index contributed by atoms with van der Waals surface area (Å²) in [5.41, 5.74) is 0.825. The number of H-pyrrole nitrogens is 1. The van der Waals surface area contributed by atoms with Crippen molar-refractivity contribution in [2.45, 2.75) is 37.4 Å². The van der Waals surface area contributed by atoms with Crippen LogP contribution in [0.5, 0.6) is 11.5 Å². The summed E-state index contributed by atoms with van der Waals surface area (Å²) in [7, 11) is 3.23. The van der Waals surface area contributed by atoms with E-state index in [1.165, 1.54) is 10.8 Å². The highest BCUT2D eigenvalue weighted by molar-refractivity contribution is 5.49. The Kier molecular flexibility index (Phi) is 7.88. The average molecular weight is 545 g/mol. The molecule has 0 amide bonds. The van der Waals surface area contributed by atoms with Gasteiger partial charge in [-0.15, -0.1) is 0 Å². The first-order chi connectivity index (χ1) is 19.3. The van der Waals surface area contributed by atoms with Crippen molar-refractivity contribution in [3.05, 3.63) is 128 Å². The number of nitrogens with one attached hydrogen (secondary N) is 1. The Morgan fingerprint density at radius 2 is 1.45 bits per heavy atom. The third kappa shape index (κ3) is 5.19. The van der Waals surface area contributed by atoms with Crippen LogP contribution in [-0.2, 0) is 15.1 Å². The zero-order chi connectivity index (χ0) is 28.3. The Labute approximate surface area is 231 Å². The number of rotatable bonds is 9. The predicted molar refractivity (Wildman–Crippen MR) is 149 cm³/mol. The Morgan fingerprint density at radius 1 is 0.900 bits per heavy atom. The van der Waals surface area contributed by atoms with Gasteiger partial charge in [0.2, 0.25) is 0 Å². The maximum Gasteiger partial charge on any atom is 0.330 e. The van der Waals surface area contributed by atoms with Gasteiger partial charge in [-0.1, -0.05) is 54.6 Å². The molecule has 0 saturated carbocycles. The number of aromatic nitrogens is 2. The summed E-state index contributed by atoms with van der Waals surface area (Å²) in [6, 6.07) is 25.1. The van der Waals surface area contributed by atoms with E-state index in [0.717, 1.165) is 16.7 Å². The summed E-state index contributed by atoms with van der Waals surface area (Å²) >= 11 is 0. The molecular formula is C31H32N2O7. The first-order valence-corrected chi connectivity index (χ1v) is 13.0. The monoisotopic (exact) mass is 544 g/mol. The minimum absolute atomic E-state index is 0.0156. The molecule has 1 aliphatic heterocycles. The molecular weight excluding hydrogens is 512 g/mol. The average Bonchev–Trinajstić information content (AvgIpc) is 3.36. The molecule has 1 aromatic heterocycles. The van der Waals surface area contributed by atoms with E-state index >= 15 is 0 Å². The molecule has 9 nitrogen and oxygen atoms in total. The van der Waals surface area contributed by atoms with Gasteiger partial charge in [0.15, 0.2) is 0 Å². The quantitative estimate of drug-likeness (QED) is 0.310. The van der Waals surface area contributed by atoms with E-state index in [1.807, 2.05) is 78.9 Å². The van der Waals surface area contributed by atoms with Gasteiger partial charge in [0.25, 0.3) is 5.56 Å². The van der Waals surface area contributed by atoms with Gasteiger partial charge < -0.3 is 24.1 Å². The van der Waals surface area contributed by atoms with Crippen molar-refractivity contribution in [1.29, 1.82) is 0 Å². The number of aliphatic hydroxyl groups is 1. The minimum atomic E-state index is -1.08. The maximum atomic E-state index is 12.5. The van der Waals surface area contributed by atoms with Crippen LogP contribution in [0.1, 0.15) is 34.9 Å². The molecule has 0 spiro atoms. The number of aromatic amines is 1. The predicted octanol–water partition coefficient (Wildman–Crippen LogP) is 3.52. The normalized spacial score (nSPS) is 18.9. The third-order valence-corrected chi connectivity index (χ3v) is 7.30. The van der Waals surface area contributed by atoms with E-state index in [0.29, 0.717) is 17.1 Å². The van der Waals surface area contributed by atoms with Crippen LogP contribution >= 0.6 is 0 Å². The van der Waals surface area contributed by atoms with Gasteiger partial charge in [-0.05, 0) is 47.9 Å². The van der Waals surface area contributed by atoms with Crippen LogP contribution in [0.2, 0.25) is 0 Å². The molecule has 0 radical (unpaired) electrons. The molecule has 9 heteroatoms. The second-order valence-corrected chi connectivity index (χ2v) is 9.73. The van der Waals surface area contributed by atoms with E-state index in [2.05, 4.69) is 4.98 Å². The van der Waals surface area contributed by atoms with Crippen molar-refractivity contribution in [3.8, 4) is 11.5 Å². The summed E-state index contributed by atoms with van der Waals surface area (Å²) in [5.74, 6) is 1.42. The van der Waals surface area contributed by atoms with E-state index in [-0.39, 0.29) is 13.0 Å². The van der Waals surface area contributed by atoms with E-state index < -0.39 is 35.3 Å². The van der Waals surface area contributed by atoms with Crippen LogP contribution in [0.15, 0.2) is 94.6 Å². The fourth-order valence-electron chi connectivity index (χ4n) is 5.12. The van der Waals surface area contributed by atoms with E-state index in [9.17, 15) is 14.7 Å². The first-order valence-electron chi connectivity index (χ1n) is 13.0. The lowest BCUT2D eigenvalue weighted by Gasteiger charge is -2.37. The van der Waals surface area contributed by atoms with Crippen LogP contribution in [0.3, 0.4) is 0 Å². The molecule has 3 atom stereocenters. The Morgan fingerprint density at radius 3 is 2.00 bits per heavy atom. The molecule has 0 bridgehead atoms. The van der Waals surface area contributed by atoms with Crippen LogP contribution in [0.25, 0.3) is 0 Å². The summed E-state index contributed by atoms with van der Waals surface area (Å²) in [6.45, 7) is 1.63. The van der Waals surface area contributed by atoms with Gasteiger partial charge in [0.1, 0.15) is 29.4 Å². The number of hydrogen-bond acceptors (Lipinski definition) is 7. The van der Waals surface area contributed by atoms with Crippen molar-refractivity contribution < 1.29 is 24.1 Å². The van der Waals surface area contributed by atoms with Crippen LogP contribution in [0.4, 0.5) is 0 Å². The standard InChI is InChI=1S/C31H32N2O7/c1-20-18-33(30(36)32-29(20)35)28-17-26(34)27(40-28)19-39-31(21-7-5-4-6-8-21,22-9-13-24(37-2)14-10-22)23-11-15-25(38-3)16-12-23/h4-16,18,26-28,34H,17,19H2,1-3H3,(H,32,35,36)/t26-,27+,28+/m0/s1. The smallest absolute Gasteiger partial charge is 0.330 e. The number of nitrogens with zero attached hydrogens (tertiary/aromatic N) is 1. The van der Waals surface area contributed by atoms with Crippen LogP contribution in [-0.4, -0.2) is 47.7 Å². The minimum Gasteiger partial charge on any atom is -0.497 e. The molecule has 1 aliphatic rings. The Balaban J connectivity index is 1.54. The summed E-state index contributed by atoms with van der Waals surface area (Å²) in [5, 5.41) is 11.0. The number of aliphatic hydroxyl groups excluding tert-OH is 1. The van der Waals surface area contributed by atoms with Crippen molar-refractivity contribution in [3.63, 3.8) is 0 Å². The highest BCUT2D eigenvalue weighted by atomic mass is 16.6. The van der Waals surface area contributed by atoms with Gasteiger partial charge >= 0.3 is 5.69 Å². The lowest BCUT2D eigenvalue weighted by Crippen LogP contribution is -2.38. The van der Waals surface area contributed by atoms with Crippen molar-refractivity contribution in [1.82, 2.24) is 9.55 Å². The maximum absolute atomic E-state index is 12.5. The van der Waals surface area contributed by atoms with E-state index in [1.54, 1.807) is 21.1 Å². The number of hydrogen-bond donors (Lipinski definition) is 2. The zero-order valence-electron chi connectivity index (χ0n) is 22.6. The van der Waals surface area contributed by atoms with Gasteiger partial charge in [-0.3, -0.25) is 14.3 Å². The number of methoxy groups -OCH3 is 2. The lowest BCUT2D eigenvalue weighted by molar-refractivity contribution is -0.0944. The molecule has 4 aromatic rings. The van der Waals surface area contributed by atoms with Crippen LogP contribution < -0.4 is 20.7 Å². The third-order valence-electron chi connectivity index (χ3n) is 7.30. The molecule has 208 valence electrons. The molecule has 40 heavy (non-hydrogen) atoms. The molecule has 1 saturated heterocycles. The zero-order valence-corrected chi connectivity index (χ0v) is 22.6. The highest BCUT2D eigenvalue weighted by Crippen LogP contribution is 2.42. The molecule has 0 unspecified atom stereocenters.